The highest BCUT2D eigenvalue weighted by Gasteiger charge is 2.23. The first-order valence-electron chi connectivity index (χ1n) is 9.38. The molecule has 150 valence electrons. The second kappa shape index (κ2) is 9.61. The number of benzene rings is 2. The van der Waals surface area contributed by atoms with Gasteiger partial charge in [-0.15, -0.1) is 0 Å². The number of quaternary nitrogens is 1. The number of Topliss-reactive ketones (excluding diaryl/α,β-unsaturated/α-hetero) is 1. The van der Waals surface area contributed by atoms with Crippen molar-refractivity contribution in [1.82, 2.24) is 0 Å². The SMILES string of the molecule is CC(=O)c1ccc(N2CC[NH+](C[C@@H](O)COc3c(Cl)cccc3Cl)CC2)cc1. The first kappa shape index (κ1) is 20.9. The van der Waals surface area contributed by atoms with E-state index >= 15 is 0 Å². The highest BCUT2D eigenvalue weighted by atomic mass is 35.5. The van der Waals surface area contributed by atoms with Crippen molar-refractivity contribution in [2.75, 3.05) is 44.2 Å². The number of carbonyl (C=O) groups excluding carboxylic acids is 1. The Hall–Kier alpha value is -1.79. The highest BCUT2D eigenvalue weighted by molar-refractivity contribution is 6.37. The first-order valence-corrected chi connectivity index (χ1v) is 10.1. The number of nitrogens with zero attached hydrogens (tertiary/aromatic N) is 1. The topological polar surface area (TPSA) is 54.2 Å². The molecular weight excluding hydrogens is 399 g/mol. The molecule has 0 spiro atoms. The maximum atomic E-state index is 11.4. The van der Waals surface area contributed by atoms with Crippen molar-refractivity contribution in [2.24, 2.45) is 0 Å². The quantitative estimate of drug-likeness (QED) is 0.671. The van der Waals surface area contributed by atoms with E-state index in [0.29, 0.717) is 22.3 Å². The summed E-state index contributed by atoms with van der Waals surface area (Å²) in [5, 5.41) is 11.2. The van der Waals surface area contributed by atoms with Gasteiger partial charge in [-0.05, 0) is 43.3 Å². The van der Waals surface area contributed by atoms with Gasteiger partial charge in [0.25, 0.3) is 0 Å². The lowest BCUT2D eigenvalue weighted by molar-refractivity contribution is -0.903. The number of ketones is 1. The van der Waals surface area contributed by atoms with Crippen LogP contribution in [-0.4, -0.2) is 56.3 Å². The second-order valence-corrected chi connectivity index (χ2v) is 7.87. The van der Waals surface area contributed by atoms with Crippen LogP contribution in [0.3, 0.4) is 0 Å². The summed E-state index contributed by atoms with van der Waals surface area (Å²) >= 11 is 12.2. The van der Waals surface area contributed by atoms with E-state index in [4.69, 9.17) is 27.9 Å². The molecule has 1 aliphatic rings. The van der Waals surface area contributed by atoms with E-state index in [0.717, 1.165) is 37.4 Å². The minimum atomic E-state index is -0.594. The molecule has 1 atom stereocenters. The minimum absolute atomic E-state index is 0.0788. The van der Waals surface area contributed by atoms with Crippen LogP contribution in [-0.2, 0) is 0 Å². The molecule has 0 bridgehead atoms. The molecule has 0 saturated carbocycles. The van der Waals surface area contributed by atoms with Crippen molar-refractivity contribution in [3.05, 3.63) is 58.1 Å². The monoisotopic (exact) mass is 423 g/mol. The van der Waals surface area contributed by atoms with E-state index in [1.165, 1.54) is 4.90 Å². The van der Waals surface area contributed by atoms with Gasteiger partial charge in [0.05, 0.1) is 36.2 Å². The summed E-state index contributed by atoms with van der Waals surface area (Å²) in [6.45, 7) is 6.00. The Kier molecular flexibility index (Phi) is 7.18. The van der Waals surface area contributed by atoms with Gasteiger partial charge in [0.1, 0.15) is 19.3 Å². The number of para-hydroxylation sites is 1. The number of aliphatic hydroxyl groups is 1. The molecule has 0 amide bonds. The van der Waals surface area contributed by atoms with E-state index in [2.05, 4.69) is 4.90 Å². The van der Waals surface area contributed by atoms with Crippen LogP contribution < -0.4 is 14.5 Å². The Bertz CT molecular complexity index is 786. The maximum Gasteiger partial charge on any atom is 0.159 e. The van der Waals surface area contributed by atoms with Crippen LogP contribution >= 0.6 is 23.2 Å². The summed E-state index contributed by atoms with van der Waals surface area (Å²) in [5.74, 6) is 0.494. The third-order valence-corrected chi connectivity index (χ3v) is 5.57. The molecule has 2 aromatic rings. The Morgan fingerprint density at radius 3 is 2.32 bits per heavy atom. The average Bonchev–Trinajstić information content (AvgIpc) is 2.68. The van der Waals surface area contributed by atoms with Gasteiger partial charge in [0.2, 0.25) is 0 Å². The molecule has 0 aliphatic carbocycles. The largest absolute Gasteiger partial charge is 0.488 e. The molecule has 1 heterocycles. The van der Waals surface area contributed by atoms with Crippen LogP contribution in [0.1, 0.15) is 17.3 Å². The van der Waals surface area contributed by atoms with Gasteiger partial charge in [0.15, 0.2) is 11.5 Å². The third-order valence-electron chi connectivity index (χ3n) is 4.97. The number of anilines is 1. The van der Waals surface area contributed by atoms with Crippen molar-refractivity contribution in [3.8, 4) is 5.75 Å². The highest BCUT2D eigenvalue weighted by Crippen LogP contribution is 2.32. The number of ether oxygens (including phenoxy) is 1. The van der Waals surface area contributed by atoms with Gasteiger partial charge in [-0.3, -0.25) is 4.79 Å². The molecule has 2 N–H and O–H groups in total. The third kappa shape index (κ3) is 5.39. The predicted molar refractivity (Wildman–Crippen MR) is 112 cm³/mol. The predicted octanol–water partition coefficient (Wildman–Crippen LogP) is 2.34. The fraction of sp³-hybridized carbons (Fsp3) is 0.381. The number of piperazine rings is 1. The summed E-state index contributed by atoms with van der Waals surface area (Å²) in [5.41, 5.74) is 1.86. The normalized spacial score (nSPS) is 16.1. The molecule has 7 heteroatoms. The van der Waals surface area contributed by atoms with E-state index in [1.54, 1.807) is 25.1 Å². The molecule has 0 aromatic heterocycles. The summed E-state index contributed by atoms with van der Waals surface area (Å²) in [6.07, 6.45) is -0.594. The molecule has 2 aromatic carbocycles. The van der Waals surface area contributed by atoms with Crippen molar-refractivity contribution in [3.63, 3.8) is 0 Å². The number of carbonyl (C=O) groups is 1. The minimum Gasteiger partial charge on any atom is -0.488 e. The number of nitrogens with one attached hydrogen (secondary N) is 1. The number of hydrogen-bond donors (Lipinski definition) is 2. The number of aliphatic hydroxyl groups excluding tert-OH is 1. The Balaban J connectivity index is 1.45. The smallest absolute Gasteiger partial charge is 0.159 e. The number of rotatable bonds is 7. The first-order chi connectivity index (χ1) is 13.4. The zero-order valence-electron chi connectivity index (χ0n) is 15.8. The fourth-order valence-corrected chi connectivity index (χ4v) is 3.89. The molecule has 3 rings (SSSR count). The van der Waals surface area contributed by atoms with Gasteiger partial charge >= 0.3 is 0 Å². The van der Waals surface area contributed by atoms with E-state index in [9.17, 15) is 9.90 Å². The van der Waals surface area contributed by atoms with Crippen LogP contribution in [0.25, 0.3) is 0 Å². The lowest BCUT2D eigenvalue weighted by Crippen LogP contribution is -3.16. The standard InChI is InChI=1S/C21H24Cl2N2O3/c1-15(26)16-5-7-17(8-6-16)25-11-9-24(10-12-25)13-18(27)14-28-21-19(22)3-2-4-20(21)23/h2-8,18,27H,9-14H2,1H3/p+1/t18-/m1/s1. The summed E-state index contributed by atoms with van der Waals surface area (Å²) < 4.78 is 5.63. The zero-order chi connectivity index (χ0) is 20.1. The molecule has 0 unspecified atom stereocenters. The summed E-state index contributed by atoms with van der Waals surface area (Å²) in [7, 11) is 0. The van der Waals surface area contributed by atoms with Gasteiger partial charge in [-0.2, -0.15) is 0 Å². The molecular formula is C21H25Cl2N2O3+. The van der Waals surface area contributed by atoms with Gasteiger partial charge in [-0.25, -0.2) is 0 Å². The Morgan fingerprint density at radius 2 is 1.75 bits per heavy atom. The average molecular weight is 424 g/mol. The molecule has 0 radical (unpaired) electrons. The second-order valence-electron chi connectivity index (χ2n) is 7.06. The van der Waals surface area contributed by atoms with Gasteiger partial charge in [0, 0.05) is 11.3 Å². The van der Waals surface area contributed by atoms with Crippen molar-refractivity contribution in [1.29, 1.82) is 0 Å². The van der Waals surface area contributed by atoms with Crippen LogP contribution in [0.5, 0.6) is 5.75 Å². The van der Waals surface area contributed by atoms with Crippen LogP contribution in [0.4, 0.5) is 5.69 Å². The summed E-state index contributed by atoms with van der Waals surface area (Å²) in [6, 6.07) is 12.9. The van der Waals surface area contributed by atoms with Crippen molar-refractivity contribution >= 4 is 34.7 Å². The van der Waals surface area contributed by atoms with E-state index in [-0.39, 0.29) is 12.4 Å². The molecule has 1 aliphatic heterocycles. The zero-order valence-corrected chi connectivity index (χ0v) is 17.3. The summed E-state index contributed by atoms with van der Waals surface area (Å²) in [4.78, 5) is 15.0. The molecule has 28 heavy (non-hydrogen) atoms. The Labute approximate surface area is 175 Å². The van der Waals surface area contributed by atoms with Crippen molar-refractivity contribution in [2.45, 2.75) is 13.0 Å². The van der Waals surface area contributed by atoms with Crippen LogP contribution in [0.15, 0.2) is 42.5 Å². The Morgan fingerprint density at radius 1 is 1.14 bits per heavy atom. The van der Waals surface area contributed by atoms with Gasteiger partial charge < -0.3 is 19.6 Å². The van der Waals surface area contributed by atoms with Crippen LogP contribution in [0.2, 0.25) is 10.0 Å². The van der Waals surface area contributed by atoms with E-state index < -0.39 is 6.10 Å². The molecule has 5 nitrogen and oxygen atoms in total. The lowest BCUT2D eigenvalue weighted by Gasteiger charge is -2.34. The van der Waals surface area contributed by atoms with Gasteiger partial charge in [-0.1, -0.05) is 29.3 Å². The van der Waals surface area contributed by atoms with Crippen LogP contribution in [0, 0.1) is 0 Å². The van der Waals surface area contributed by atoms with Crippen molar-refractivity contribution < 1.29 is 19.5 Å². The number of hydrogen-bond acceptors (Lipinski definition) is 4. The fourth-order valence-electron chi connectivity index (χ4n) is 3.38. The molecule has 1 saturated heterocycles. The molecule has 1 fully saturated rings. The number of halogens is 2. The van der Waals surface area contributed by atoms with E-state index in [1.807, 2.05) is 24.3 Å². The lowest BCUT2D eigenvalue weighted by atomic mass is 10.1. The maximum absolute atomic E-state index is 11.4.